The summed E-state index contributed by atoms with van der Waals surface area (Å²) in [7, 11) is 0. The van der Waals surface area contributed by atoms with Crippen LogP contribution in [0.3, 0.4) is 0 Å². The SMILES string of the molecule is N=C1CC(c2ccsc2)C2=C(O1)c1ccccc1CC2. The van der Waals surface area contributed by atoms with Crippen LogP contribution in [0.4, 0.5) is 0 Å². The van der Waals surface area contributed by atoms with E-state index in [4.69, 9.17) is 10.1 Å². The van der Waals surface area contributed by atoms with E-state index in [-0.39, 0.29) is 0 Å². The number of hydrogen-bond acceptors (Lipinski definition) is 3. The number of fused-ring (bicyclic) bond motifs is 2. The zero-order chi connectivity index (χ0) is 13.5. The Morgan fingerprint density at radius 2 is 2.05 bits per heavy atom. The maximum Gasteiger partial charge on any atom is 0.188 e. The van der Waals surface area contributed by atoms with Crippen LogP contribution in [0.2, 0.25) is 0 Å². The van der Waals surface area contributed by atoms with Crippen molar-refractivity contribution in [2.24, 2.45) is 0 Å². The Hall–Kier alpha value is -1.87. The third kappa shape index (κ3) is 1.81. The van der Waals surface area contributed by atoms with Crippen molar-refractivity contribution in [3.05, 3.63) is 63.4 Å². The van der Waals surface area contributed by atoms with E-state index in [0.29, 0.717) is 18.2 Å². The molecule has 0 saturated heterocycles. The minimum atomic E-state index is 0.325. The van der Waals surface area contributed by atoms with Crippen LogP contribution < -0.4 is 0 Å². The molecule has 100 valence electrons. The van der Waals surface area contributed by atoms with Crippen molar-refractivity contribution in [3.63, 3.8) is 0 Å². The average molecular weight is 281 g/mol. The molecule has 1 atom stereocenters. The van der Waals surface area contributed by atoms with E-state index in [9.17, 15) is 0 Å². The van der Waals surface area contributed by atoms with Gasteiger partial charge in [-0.3, -0.25) is 5.41 Å². The highest BCUT2D eigenvalue weighted by Crippen LogP contribution is 2.44. The molecule has 0 spiro atoms. The van der Waals surface area contributed by atoms with Gasteiger partial charge in [0, 0.05) is 17.9 Å². The van der Waals surface area contributed by atoms with Gasteiger partial charge in [-0.2, -0.15) is 11.3 Å². The van der Waals surface area contributed by atoms with Crippen LogP contribution in [0, 0.1) is 5.41 Å². The molecule has 4 rings (SSSR count). The molecule has 0 radical (unpaired) electrons. The zero-order valence-corrected chi connectivity index (χ0v) is 11.9. The Bertz CT molecular complexity index is 700. The van der Waals surface area contributed by atoms with Crippen molar-refractivity contribution in [1.82, 2.24) is 0 Å². The molecule has 2 aromatic rings. The minimum absolute atomic E-state index is 0.325. The molecule has 2 heterocycles. The van der Waals surface area contributed by atoms with Crippen LogP contribution in [0.5, 0.6) is 0 Å². The lowest BCUT2D eigenvalue weighted by molar-refractivity contribution is 0.438. The first kappa shape index (κ1) is 11.9. The molecule has 1 aliphatic heterocycles. The first-order valence-electron chi connectivity index (χ1n) is 6.91. The van der Waals surface area contributed by atoms with Crippen LogP contribution in [-0.2, 0) is 11.2 Å². The fourth-order valence-electron chi connectivity index (χ4n) is 3.23. The highest BCUT2D eigenvalue weighted by atomic mass is 32.1. The van der Waals surface area contributed by atoms with E-state index in [0.717, 1.165) is 18.6 Å². The Morgan fingerprint density at radius 1 is 1.15 bits per heavy atom. The number of benzene rings is 1. The smallest absolute Gasteiger partial charge is 0.188 e. The molecule has 0 saturated carbocycles. The van der Waals surface area contributed by atoms with Gasteiger partial charge in [0.15, 0.2) is 5.90 Å². The zero-order valence-electron chi connectivity index (χ0n) is 11.1. The van der Waals surface area contributed by atoms with Crippen molar-refractivity contribution in [1.29, 1.82) is 5.41 Å². The van der Waals surface area contributed by atoms with Crippen molar-refractivity contribution in [3.8, 4) is 0 Å². The standard InChI is InChI=1S/C17H15NOS/c18-16-9-15(12-7-8-20-10-12)14-6-5-11-3-1-2-4-13(11)17(14)19-16/h1-4,7-8,10,15,18H,5-6,9H2. The number of aryl methyl sites for hydroxylation is 1. The molecular weight excluding hydrogens is 266 g/mol. The topological polar surface area (TPSA) is 33.1 Å². The highest BCUT2D eigenvalue weighted by Gasteiger charge is 2.32. The molecule has 2 nitrogen and oxygen atoms in total. The first-order chi connectivity index (χ1) is 9.83. The summed E-state index contributed by atoms with van der Waals surface area (Å²) >= 11 is 1.73. The van der Waals surface area contributed by atoms with Gasteiger partial charge in [0.05, 0.1) is 0 Å². The summed E-state index contributed by atoms with van der Waals surface area (Å²) in [6, 6.07) is 10.6. The van der Waals surface area contributed by atoms with Gasteiger partial charge < -0.3 is 4.74 Å². The molecule has 1 aromatic carbocycles. The van der Waals surface area contributed by atoms with Gasteiger partial charge in [0.1, 0.15) is 5.76 Å². The maximum absolute atomic E-state index is 8.03. The summed E-state index contributed by atoms with van der Waals surface area (Å²) in [4.78, 5) is 0. The lowest BCUT2D eigenvalue weighted by Gasteiger charge is -2.32. The molecule has 1 aromatic heterocycles. The van der Waals surface area contributed by atoms with Crippen LogP contribution in [0.25, 0.3) is 5.76 Å². The number of allylic oxidation sites excluding steroid dienone is 1. The highest BCUT2D eigenvalue weighted by molar-refractivity contribution is 7.08. The van der Waals surface area contributed by atoms with Gasteiger partial charge in [-0.1, -0.05) is 24.3 Å². The normalized spacial score (nSPS) is 21.2. The summed E-state index contributed by atoms with van der Waals surface area (Å²) < 4.78 is 5.81. The van der Waals surface area contributed by atoms with Gasteiger partial charge in [0.2, 0.25) is 0 Å². The average Bonchev–Trinajstić information content (AvgIpc) is 3.00. The minimum Gasteiger partial charge on any atom is -0.443 e. The summed E-state index contributed by atoms with van der Waals surface area (Å²) in [6.07, 6.45) is 2.81. The van der Waals surface area contributed by atoms with E-state index in [1.165, 1.54) is 22.3 Å². The molecular formula is C17H15NOS. The van der Waals surface area contributed by atoms with Crippen molar-refractivity contribution >= 4 is 23.0 Å². The molecule has 0 amide bonds. The Morgan fingerprint density at radius 3 is 2.90 bits per heavy atom. The second-order valence-electron chi connectivity index (χ2n) is 5.35. The van der Waals surface area contributed by atoms with Crippen LogP contribution in [0.1, 0.15) is 35.4 Å². The second-order valence-corrected chi connectivity index (χ2v) is 6.13. The Kier molecular flexibility index (Phi) is 2.74. The summed E-state index contributed by atoms with van der Waals surface area (Å²) in [5, 5.41) is 12.4. The predicted octanol–water partition coefficient (Wildman–Crippen LogP) is 4.59. The Labute approximate surface area is 122 Å². The third-order valence-corrected chi connectivity index (χ3v) is 4.90. The van der Waals surface area contributed by atoms with Crippen molar-refractivity contribution < 1.29 is 4.74 Å². The Balaban J connectivity index is 1.87. The van der Waals surface area contributed by atoms with Gasteiger partial charge in [-0.15, -0.1) is 0 Å². The van der Waals surface area contributed by atoms with Crippen LogP contribution >= 0.6 is 11.3 Å². The first-order valence-corrected chi connectivity index (χ1v) is 7.86. The molecule has 0 fully saturated rings. The number of rotatable bonds is 1. The number of nitrogens with one attached hydrogen (secondary N) is 1. The summed E-state index contributed by atoms with van der Waals surface area (Å²) in [6.45, 7) is 0. The molecule has 2 aliphatic rings. The maximum atomic E-state index is 8.03. The van der Waals surface area contributed by atoms with Gasteiger partial charge in [-0.05, 0) is 46.4 Å². The molecule has 1 aliphatic carbocycles. The number of hydrogen-bond donors (Lipinski definition) is 1. The molecule has 1 N–H and O–H groups in total. The largest absolute Gasteiger partial charge is 0.443 e. The molecule has 1 unspecified atom stereocenters. The van der Waals surface area contributed by atoms with E-state index >= 15 is 0 Å². The van der Waals surface area contributed by atoms with E-state index in [1.807, 2.05) is 0 Å². The fourth-order valence-corrected chi connectivity index (χ4v) is 3.95. The summed E-state index contributed by atoms with van der Waals surface area (Å²) in [5.41, 5.74) is 5.22. The van der Waals surface area contributed by atoms with Gasteiger partial charge in [-0.25, -0.2) is 0 Å². The van der Waals surface area contributed by atoms with Gasteiger partial charge in [0.25, 0.3) is 0 Å². The lowest BCUT2D eigenvalue weighted by atomic mass is 9.79. The van der Waals surface area contributed by atoms with Crippen LogP contribution in [0.15, 0.2) is 46.7 Å². The fraction of sp³-hybridized carbons (Fsp3) is 0.235. The molecule has 20 heavy (non-hydrogen) atoms. The number of thiophene rings is 1. The van der Waals surface area contributed by atoms with Crippen molar-refractivity contribution in [2.45, 2.75) is 25.2 Å². The summed E-state index contributed by atoms with van der Waals surface area (Å²) in [5.74, 6) is 1.65. The lowest BCUT2D eigenvalue weighted by Crippen LogP contribution is -2.22. The number of ether oxygens (including phenoxy) is 1. The van der Waals surface area contributed by atoms with Crippen molar-refractivity contribution in [2.75, 3.05) is 0 Å². The predicted molar refractivity (Wildman–Crippen MR) is 82.2 cm³/mol. The monoisotopic (exact) mass is 281 g/mol. The second kappa shape index (κ2) is 4.60. The van der Waals surface area contributed by atoms with E-state index in [1.54, 1.807) is 11.3 Å². The molecule has 3 heteroatoms. The van der Waals surface area contributed by atoms with E-state index in [2.05, 4.69) is 41.1 Å². The quantitative estimate of drug-likeness (QED) is 0.815. The van der Waals surface area contributed by atoms with Crippen LogP contribution in [-0.4, -0.2) is 5.90 Å². The van der Waals surface area contributed by atoms with Gasteiger partial charge >= 0.3 is 0 Å². The molecule has 0 bridgehead atoms. The van der Waals surface area contributed by atoms with E-state index < -0.39 is 0 Å². The third-order valence-electron chi connectivity index (χ3n) is 4.20.